The first-order valence-electron chi connectivity index (χ1n) is 6.90. The minimum Gasteiger partial charge on any atom is -0.369 e. The molecule has 1 N–H and O–H groups in total. The molecule has 1 saturated carbocycles. The summed E-state index contributed by atoms with van der Waals surface area (Å²) in [4.78, 5) is 2.54. The molecule has 1 aromatic carbocycles. The first kappa shape index (κ1) is 13.9. The van der Waals surface area contributed by atoms with Gasteiger partial charge in [-0.3, -0.25) is 0 Å². The van der Waals surface area contributed by atoms with Crippen molar-refractivity contribution in [1.82, 2.24) is 5.32 Å². The van der Waals surface area contributed by atoms with E-state index in [1.54, 1.807) is 0 Å². The highest BCUT2D eigenvalue weighted by Gasteiger charge is 2.29. The van der Waals surface area contributed by atoms with Crippen LogP contribution >= 0.6 is 15.9 Å². The van der Waals surface area contributed by atoms with E-state index in [0.29, 0.717) is 6.04 Å². The molecule has 0 heterocycles. The van der Waals surface area contributed by atoms with Crippen molar-refractivity contribution in [2.45, 2.75) is 52.2 Å². The molecule has 1 fully saturated rings. The molecule has 18 heavy (non-hydrogen) atoms. The van der Waals surface area contributed by atoms with Crippen LogP contribution in [0.2, 0.25) is 0 Å². The lowest BCUT2D eigenvalue weighted by Gasteiger charge is -2.26. The topological polar surface area (TPSA) is 15.3 Å². The van der Waals surface area contributed by atoms with E-state index >= 15 is 0 Å². The van der Waals surface area contributed by atoms with Crippen LogP contribution in [0.3, 0.4) is 0 Å². The van der Waals surface area contributed by atoms with Gasteiger partial charge in [0.1, 0.15) is 0 Å². The third-order valence-electron chi connectivity index (χ3n) is 3.39. The molecule has 0 unspecified atom stereocenters. The van der Waals surface area contributed by atoms with Gasteiger partial charge >= 0.3 is 0 Å². The molecule has 0 aromatic heterocycles. The van der Waals surface area contributed by atoms with Crippen molar-refractivity contribution in [2.75, 3.05) is 11.4 Å². The zero-order chi connectivity index (χ0) is 13.1. The van der Waals surface area contributed by atoms with Crippen LogP contribution in [-0.2, 0) is 6.54 Å². The fourth-order valence-corrected chi connectivity index (χ4v) is 2.63. The number of nitrogens with one attached hydrogen (secondary N) is 1. The predicted octanol–water partition coefficient (Wildman–Crippen LogP) is 3.94. The molecule has 1 aromatic rings. The van der Waals surface area contributed by atoms with Gasteiger partial charge in [0, 0.05) is 35.3 Å². The standard InChI is InChI=1S/C15H23BrN2/c1-4-18(14-7-8-14)15-9-13(16)6-5-12(15)10-17-11(2)3/h5-6,9,11,14,17H,4,7-8,10H2,1-3H3. The Labute approximate surface area is 119 Å². The molecule has 0 amide bonds. The van der Waals surface area contributed by atoms with Crippen LogP contribution in [0.4, 0.5) is 5.69 Å². The SMILES string of the molecule is CCN(c1cc(Br)ccc1CNC(C)C)C1CC1. The number of halogens is 1. The minimum absolute atomic E-state index is 0.525. The van der Waals surface area contributed by atoms with Crippen LogP contribution in [0.5, 0.6) is 0 Å². The van der Waals surface area contributed by atoms with Crippen molar-refractivity contribution in [1.29, 1.82) is 0 Å². The van der Waals surface area contributed by atoms with Crippen molar-refractivity contribution in [2.24, 2.45) is 0 Å². The van der Waals surface area contributed by atoms with Crippen LogP contribution in [0, 0.1) is 0 Å². The second kappa shape index (κ2) is 6.07. The average molecular weight is 311 g/mol. The maximum atomic E-state index is 3.60. The summed E-state index contributed by atoms with van der Waals surface area (Å²) in [7, 11) is 0. The van der Waals surface area contributed by atoms with E-state index in [-0.39, 0.29) is 0 Å². The van der Waals surface area contributed by atoms with Crippen LogP contribution in [-0.4, -0.2) is 18.6 Å². The lowest BCUT2D eigenvalue weighted by molar-refractivity contribution is 0.587. The summed E-state index contributed by atoms with van der Waals surface area (Å²) < 4.78 is 1.17. The molecule has 3 heteroatoms. The second-order valence-electron chi connectivity index (χ2n) is 5.33. The van der Waals surface area contributed by atoms with Gasteiger partial charge in [-0.15, -0.1) is 0 Å². The van der Waals surface area contributed by atoms with Crippen molar-refractivity contribution < 1.29 is 0 Å². The van der Waals surface area contributed by atoms with Crippen LogP contribution in [0.25, 0.3) is 0 Å². The molecule has 0 atom stereocenters. The molecule has 0 aliphatic heterocycles. The van der Waals surface area contributed by atoms with Crippen molar-refractivity contribution in [3.63, 3.8) is 0 Å². The van der Waals surface area contributed by atoms with Gasteiger partial charge in [0.05, 0.1) is 0 Å². The van der Waals surface area contributed by atoms with Gasteiger partial charge in [0.25, 0.3) is 0 Å². The lowest BCUT2D eigenvalue weighted by atomic mass is 10.1. The summed E-state index contributed by atoms with van der Waals surface area (Å²) in [5, 5.41) is 3.52. The maximum Gasteiger partial charge on any atom is 0.0425 e. The first-order valence-corrected chi connectivity index (χ1v) is 7.69. The Hall–Kier alpha value is -0.540. The fraction of sp³-hybridized carbons (Fsp3) is 0.600. The lowest BCUT2D eigenvalue weighted by Crippen LogP contribution is -2.28. The van der Waals surface area contributed by atoms with E-state index in [2.05, 4.69) is 65.1 Å². The molecular formula is C15H23BrN2. The molecule has 0 bridgehead atoms. The summed E-state index contributed by atoms with van der Waals surface area (Å²) in [5.41, 5.74) is 2.79. The van der Waals surface area contributed by atoms with Gasteiger partial charge in [-0.25, -0.2) is 0 Å². The monoisotopic (exact) mass is 310 g/mol. The Morgan fingerprint density at radius 1 is 1.39 bits per heavy atom. The summed E-state index contributed by atoms with van der Waals surface area (Å²) in [6.45, 7) is 8.67. The number of hydrogen-bond acceptors (Lipinski definition) is 2. The van der Waals surface area contributed by atoms with E-state index in [1.165, 1.54) is 28.6 Å². The summed E-state index contributed by atoms with van der Waals surface area (Å²) >= 11 is 3.60. The van der Waals surface area contributed by atoms with Crippen LogP contribution < -0.4 is 10.2 Å². The van der Waals surface area contributed by atoms with Gasteiger partial charge in [-0.2, -0.15) is 0 Å². The fourth-order valence-electron chi connectivity index (χ4n) is 2.28. The largest absolute Gasteiger partial charge is 0.369 e. The van der Waals surface area contributed by atoms with Crippen molar-refractivity contribution in [3.05, 3.63) is 28.2 Å². The Bertz CT molecular complexity index is 399. The molecule has 0 radical (unpaired) electrons. The Morgan fingerprint density at radius 2 is 2.11 bits per heavy atom. The van der Waals surface area contributed by atoms with Gasteiger partial charge in [0.2, 0.25) is 0 Å². The highest BCUT2D eigenvalue weighted by atomic mass is 79.9. The highest BCUT2D eigenvalue weighted by Crippen LogP contribution is 2.34. The molecule has 1 aliphatic rings. The summed E-state index contributed by atoms with van der Waals surface area (Å²) in [5.74, 6) is 0. The Kier molecular flexibility index (Phi) is 4.68. The summed E-state index contributed by atoms with van der Waals surface area (Å²) in [6.07, 6.45) is 2.69. The van der Waals surface area contributed by atoms with E-state index in [9.17, 15) is 0 Å². The third kappa shape index (κ3) is 3.48. The zero-order valence-corrected chi connectivity index (χ0v) is 13.1. The average Bonchev–Trinajstić information content (AvgIpc) is 3.13. The quantitative estimate of drug-likeness (QED) is 0.856. The molecule has 100 valence electrons. The first-order chi connectivity index (χ1) is 8.61. The van der Waals surface area contributed by atoms with Gasteiger partial charge < -0.3 is 10.2 Å². The number of nitrogens with zero attached hydrogens (tertiary/aromatic N) is 1. The van der Waals surface area contributed by atoms with E-state index in [1.807, 2.05) is 0 Å². The maximum absolute atomic E-state index is 3.60. The summed E-state index contributed by atoms with van der Waals surface area (Å²) in [6, 6.07) is 7.93. The van der Waals surface area contributed by atoms with Gasteiger partial charge in [-0.05, 0) is 37.5 Å². The third-order valence-corrected chi connectivity index (χ3v) is 3.88. The van der Waals surface area contributed by atoms with Crippen LogP contribution in [0.15, 0.2) is 22.7 Å². The number of benzene rings is 1. The van der Waals surface area contributed by atoms with Crippen molar-refractivity contribution >= 4 is 21.6 Å². The van der Waals surface area contributed by atoms with Crippen molar-refractivity contribution in [3.8, 4) is 0 Å². The van der Waals surface area contributed by atoms with E-state index in [0.717, 1.165) is 19.1 Å². The zero-order valence-electron chi connectivity index (χ0n) is 11.5. The van der Waals surface area contributed by atoms with E-state index < -0.39 is 0 Å². The van der Waals surface area contributed by atoms with Gasteiger partial charge in [0.15, 0.2) is 0 Å². The Morgan fingerprint density at radius 3 is 2.67 bits per heavy atom. The molecular weight excluding hydrogens is 288 g/mol. The number of rotatable bonds is 6. The molecule has 2 nitrogen and oxygen atoms in total. The number of hydrogen-bond donors (Lipinski definition) is 1. The molecule has 1 aliphatic carbocycles. The Balaban J connectivity index is 2.21. The molecule has 2 rings (SSSR count). The highest BCUT2D eigenvalue weighted by molar-refractivity contribution is 9.10. The predicted molar refractivity (Wildman–Crippen MR) is 82.2 cm³/mol. The molecule has 0 saturated heterocycles. The van der Waals surface area contributed by atoms with Gasteiger partial charge in [-0.1, -0.05) is 35.8 Å². The normalized spacial score (nSPS) is 15.2. The van der Waals surface area contributed by atoms with E-state index in [4.69, 9.17) is 0 Å². The molecule has 0 spiro atoms. The minimum atomic E-state index is 0.525. The number of anilines is 1. The smallest absolute Gasteiger partial charge is 0.0425 e. The second-order valence-corrected chi connectivity index (χ2v) is 6.24. The van der Waals surface area contributed by atoms with Crippen LogP contribution in [0.1, 0.15) is 39.2 Å².